The summed E-state index contributed by atoms with van der Waals surface area (Å²) >= 11 is 0. The number of guanidine groups is 1. The summed E-state index contributed by atoms with van der Waals surface area (Å²) in [7, 11) is 0. The standard InChI is InChI=1S/C7H15N3O2/c1-5-4-12-6(3-11)2-10(5)7(8)9/h5-6,11H,2-4H2,1H3,(H3,8,9). The number of aliphatic hydroxyl groups excluding tert-OH is 1. The zero-order valence-electron chi connectivity index (χ0n) is 7.16. The number of aliphatic hydroxyl groups is 1. The van der Waals surface area contributed by atoms with E-state index in [4.69, 9.17) is 21.0 Å². The number of nitrogens with zero attached hydrogens (tertiary/aromatic N) is 1. The Labute approximate surface area is 71.6 Å². The molecule has 1 fully saturated rings. The lowest BCUT2D eigenvalue weighted by atomic mass is 10.2. The summed E-state index contributed by atoms with van der Waals surface area (Å²) in [5, 5.41) is 16.1. The molecule has 2 atom stereocenters. The van der Waals surface area contributed by atoms with Crippen LogP contribution in [0, 0.1) is 5.41 Å². The van der Waals surface area contributed by atoms with Crippen LogP contribution >= 0.6 is 0 Å². The molecule has 0 radical (unpaired) electrons. The average Bonchev–Trinajstić information content (AvgIpc) is 2.05. The van der Waals surface area contributed by atoms with E-state index in [0.717, 1.165) is 0 Å². The van der Waals surface area contributed by atoms with E-state index >= 15 is 0 Å². The molecule has 1 rings (SSSR count). The minimum atomic E-state index is -0.204. The summed E-state index contributed by atoms with van der Waals surface area (Å²) in [5.74, 6) is 0.0456. The van der Waals surface area contributed by atoms with Gasteiger partial charge in [0.05, 0.1) is 25.4 Å². The molecule has 1 heterocycles. The van der Waals surface area contributed by atoms with Gasteiger partial charge in [-0.1, -0.05) is 0 Å². The number of nitrogens with two attached hydrogens (primary N) is 1. The molecule has 1 aliphatic rings. The van der Waals surface area contributed by atoms with Crippen LogP contribution in [0.5, 0.6) is 0 Å². The number of hydrogen-bond acceptors (Lipinski definition) is 3. The molecule has 0 spiro atoms. The van der Waals surface area contributed by atoms with E-state index in [0.29, 0.717) is 13.2 Å². The normalized spacial score (nSPS) is 30.3. The van der Waals surface area contributed by atoms with Crippen LogP contribution < -0.4 is 5.73 Å². The van der Waals surface area contributed by atoms with Crippen molar-refractivity contribution in [2.45, 2.75) is 19.1 Å². The van der Waals surface area contributed by atoms with Crippen molar-refractivity contribution >= 4 is 5.96 Å². The Morgan fingerprint density at radius 1 is 1.83 bits per heavy atom. The van der Waals surface area contributed by atoms with Crippen molar-refractivity contribution in [3.8, 4) is 0 Å². The third-order valence-corrected chi connectivity index (χ3v) is 2.02. The number of morpholine rings is 1. The second-order valence-corrected chi connectivity index (χ2v) is 3.02. The van der Waals surface area contributed by atoms with Crippen LogP contribution in [0.25, 0.3) is 0 Å². The monoisotopic (exact) mass is 173 g/mol. The number of hydrogen-bond donors (Lipinski definition) is 3. The molecular formula is C7H15N3O2. The Balaban J connectivity index is 2.53. The average molecular weight is 173 g/mol. The fourth-order valence-electron chi connectivity index (χ4n) is 1.26. The number of rotatable bonds is 1. The lowest BCUT2D eigenvalue weighted by molar-refractivity contribution is -0.0565. The molecule has 0 aromatic rings. The Morgan fingerprint density at radius 2 is 2.50 bits per heavy atom. The SMILES string of the molecule is CC1COC(CO)CN1C(=N)N. The summed E-state index contributed by atoms with van der Waals surface area (Å²) in [5.41, 5.74) is 5.35. The van der Waals surface area contributed by atoms with Crippen molar-refractivity contribution in [1.82, 2.24) is 4.90 Å². The van der Waals surface area contributed by atoms with Gasteiger partial charge in [-0.15, -0.1) is 0 Å². The van der Waals surface area contributed by atoms with E-state index in [1.54, 1.807) is 4.90 Å². The van der Waals surface area contributed by atoms with Crippen molar-refractivity contribution in [1.29, 1.82) is 5.41 Å². The fraction of sp³-hybridized carbons (Fsp3) is 0.857. The van der Waals surface area contributed by atoms with Crippen LogP contribution in [0.1, 0.15) is 6.92 Å². The molecule has 1 aliphatic heterocycles. The van der Waals surface area contributed by atoms with Crippen LogP contribution in [-0.2, 0) is 4.74 Å². The second-order valence-electron chi connectivity index (χ2n) is 3.02. The van der Waals surface area contributed by atoms with Gasteiger partial charge in [0.1, 0.15) is 0 Å². The molecule has 12 heavy (non-hydrogen) atoms. The zero-order chi connectivity index (χ0) is 9.14. The van der Waals surface area contributed by atoms with E-state index in [2.05, 4.69) is 0 Å². The summed E-state index contributed by atoms with van der Waals surface area (Å²) in [6.07, 6.45) is -0.204. The second kappa shape index (κ2) is 3.73. The smallest absolute Gasteiger partial charge is 0.188 e. The van der Waals surface area contributed by atoms with Crippen LogP contribution in [0.2, 0.25) is 0 Å². The van der Waals surface area contributed by atoms with Gasteiger partial charge in [0.2, 0.25) is 0 Å². The van der Waals surface area contributed by atoms with Gasteiger partial charge in [0, 0.05) is 6.54 Å². The Kier molecular flexibility index (Phi) is 2.88. The van der Waals surface area contributed by atoms with Gasteiger partial charge in [-0.2, -0.15) is 0 Å². The summed E-state index contributed by atoms with van der Waals surface area (Å²) in [6, 6.07) is 0.130. The zero-order valence-corrected chi connectivity index (χ0v) is 7.16. The van der Waals surface area contributed by atoms with Crippen molar-refractivity contribution in [2.75, 3.05) is 19.8 Å². The van der Waals surface area contributed by atoms with Gasteiger partial charge < -0.3 is 20.5 Å². The first-order valence-electron chi connectivity index (χ1n) is 3.98. The van der Waals surface area contributed by atoms with Gasteiger partial charge in [-0.05, 0) is 6.92 Å². The lowest BCUT2D eigenvalue weighted by Gasteiger charge is -2.37. The highest BCUT2D eigenvalue weighted by Gasteiger charge is 2.25. The van der Waals surface area contributed by atoms with Crippen molar-refractivity contribution in [3.05, 3.63) is 0 Å². The first-order valence-corrected chi connectivity index (χ1v) is 3.98. The molecule has 4 N–H and O–H groups in total. The molecule has 2 unspecified atom stereocenters. The Bertz CT molecular complexity index is 174. The highest BCUT2D eigenvalue weighted by atomic mass is 16.5. The van der Waals surface area contributed by atoms with Gasteiger partial charge in [0.25, 0.3) is 0 Å². The van der Waals surface area contributed by atoms with E-state index in [1.165, 1.54) is 0 Å². The molecule has 0 aromatic heterocycles. The van der Waals surface area contributed by atoms with Gasteiger partial charge in [0.15, 0.2) is 5.96 Å². The van der Waals surface area contributed by atoms with E-state index < -0.39 is 0 Å². The third-order valence-electron chi connectivity index (χ3n) is 2.02. The fourth-order valence-corrected chi connectivity index (χ4v) is 1.26. The van der Waals surface area contributed by atoms with E-state index in [1.807, 2.05) is 6.92 Å². The van der Waals surface area contributed by atoms with E-state index in [9.17, 15) is 0 Å². The van der Waals surface area contributed by atoms with Crippen LogP contribution in [0.4, 0.5) is 0 Å². The van der Waals surface area contributed by atoms with Gasteiger partial charge in [-0.3, -0.25) is 5.41 Å². The van der Waals surface area contributed by atoms with Crippen molar-refractivity contribution < 1.29 is 9.84 Å². The molecule has 1 saturated heterocycles. The Hall–Kier alpha value is -0.810. The quantitative estimate of drug-likeness (QED) is 0.349. The first kappa shape index (κ1) is 9.28. The van der Waals surface area contributed by atoms with Crippen LogP contribution in [0.15, 0.2) is 0 Å². The largest absolute Gasteiger partial charge is 0.394 e. The predicted molar refractivity (Wildman–Crippen MR) is 44.9 cm³/mol. The molecular weight excluding hydrogens is 158 g/mol. The Morgan fingerprint density at radius 3 is 3.00 bits per heavy atom. The highest BCUT2D eigenvalue weighted by molar-refractivity contribution is 5.75. The predicted octanol–water partition coefficient (Wildman–Crippen LogP) is -1.04. The molecule has 0 aliphatic carbocycles. The lowest BCUT2D eigenvalue weighted by Crippen LogP contribution is -2.54. The third kappa shape index (κ3) is 1.86. The number of ether oxygens (including phenoxy) is 1. The minimum Gasteiger partial charge on any atom is -0.394 e. The summed E-state index contributed by atoms with van der Waals surface area (Å²) in [4.78, 5) is 1.73. The first-order chi connectivity index (χ1) is 5.65. The maximum Gasteiger partial charge on any atom is 0.188 e. The van der Waals surface area contributed by atoms with Gasteiger partial charge in [-0.25, -0.2) is 0 Å². The molecule has 0 aromatic carbocycles. The van der Waals surface area contributed by atoms with Crippen molar-refractivity contribution in [2.24, 2.45) is 5.73 Å². The maximum absolute atomic E-state index is 8.81. The minimum absolute atomic E-state index is 0.0174. The van der Waals surface area contributed by atoms with Crippen molar-refractivity contribution in [3.63, 3.8) is 0 Å². The van der Waals surface area contributed by atoms with Gasteiger partial charge >= 0.3 is 0 Å². The highest BCUT2D eigenvalue weighted by Crippen LogP contribution is 2.09. The molecule has 0 amide bonds. The topological polar surface area (TPSA) is 82.6 Å². The molecule has 0 bridgehead atoms. The summed E-state index contributed by atoms with van der Waals surface area (Å²) < 4.78 is 5.28. The molecule has 70 valence electrons. The molecule has 0 saturated carbocycles. The number of nitrogens with one attached hydrogen (secondary N) is 1. The maximum atomic E-state index is 8.81. The van der Waals surface area contributed by atoms with Crippen LogP contribution in [-0.4, -0.2) is 47.9 Å². The van der Waals surface area contributed by atoms with Crippen LogP contribution in [0.3, 0.4) is 0 Å². The summed E-state index contributed by atoms with van der Waals surface area (Å²) in [6.45, 7) is 2.95. The molecule has 5 heteroatoms. The molecule has 5 nitrogen and oxygen atoms in total. The van der Waals surface area contributed by atoms with E-state index in [-0.39, 0.29) is 24.7 Å².